The molecule has 0 radical (unpaired) electrons. The van der Waals surface area contributed by atoms with Crippen LogP contribution in [0.15, 0.2) is 36.5 Å². The van der Waals surface area contributed by atoms with Crippen LogP contribution in [-0.4, -0.2) is 33.2 Å². The number of aromatic amines is 1. The Morgan fingerprint density at radius 3 is 2.96 bits per heavy atom. The molecular weight excluding hydrogens is 346 g/mol. The highest BCUT2D eigenvalue weighted by atomic mass is 16.5. The molecule has 3 heterocycles. The lowest BCUT2D eigenvalue weighted by Gasteiger charge is -2.16. The lowest BCUT2D eigenvalue weighted by molar-refractivity contribution is 0.110. The third-order valence-corrected chi connectivity index (χ3v) is 4.54. The number of phenolic OH excluding ortho intramolecular Hbond substituents is 1. The third-order valence-electron chi connectivity index (χ3n) is 4.54. The van der Waals surface area contributed by atoms with Crippen molar-refractivity contribution in [2.24, 2.45) is 0 Å². The first-order valence-electron chi connectivity index (χ1n) is 8.69. The molecular formula is C20H19N3O4. The molecule has 2 aromatic heterocycles. The van der Waals surface area contributed by atoms with E-state index in [0.29, 0.717) is 23.5 Å². The first-order valence-corrected chi connectivity index (χ1v) is 8.69. The average molecular weight is 365 g/mol. The highest BCUT2D eigenvalue weighted by molar-refractivity contribution is 5.83. The fourth-order valence-corrected chi connectivity index (χ4v) is 3.11. The molecule has 1 aliphatic rings. The van der Waals surface area contributed by atoms with Crippen LogP contribution in [0.5, 0.6) is 17.2 Å². The quantitative estimate of drug-likeness (QED) is 0.670. The number of hydrogen-bond donors (Lipinski definition) is 2. The maximum absolute atomic E-state index is 11.3. The zero-order valence-corrected chi connectivity index (χ0v) is 15.0. The molecule has 0 unspecified atom stereocenters. The Labute approximate surface area is 156 Å². The minimum atomic E-state index is -0.463. The number of rotatable bonds is 5. The van der Waals surface area contributed by atoms with Crippen molar-refractivity contribution in [3.05, 3.63) is 53.3 Å². The highest BCUT2D eigenvalue weighted by Gasteiger charge is 2.31. The molecule has 0 aliphatic carbocycles. The van der Waals surface area contributed by atoms with Crippen molar-refractivity contribution in [1.82, 2.24) is 15.2 Å². The molecule has 0 fully saturated rings. The molecule has 0 bridgehead atoms. The minimum absolute atomic E-state index is 0.111. The number of nitrogens with zero attached hydrogens (tertiary/aromatic N) is 2. The van der Waals surface area contributed by atoms with Gasteiger partial charge in [-0.15, -0.1) is 0 Å². The van der Waals surface area contributed by atoms with Crippen LogP contribution in [-0.2, 0) is 0 Å². The zero-order chi connectivity index (χ0) is 19.0. The number of nitrogens with one attached hydrogen (secondary N) is 1. The van der Waals surface area contributed by atoms with Gasteiger partial charge >= 0.3 is 0 Å². The Morgan fingerprint density at radius 1 is 1.37 bits per heavy atom. The number of benzene rings is 1. The summed E-state index contributed by atoms with van der Waals surface area (Å²) in [6, 6.07) is 8.46. The molecule has 0 spiro atoms. The molecule has 1 aliphatic heterocycles. The second-order valence-corrected chi connectivity index (χ2v) is 6.66. The number of aromatic nitrogens is 3. The van der Waals surface area contributed by atoms with E-state index in [1.165, 1.54) is 6.07 Å². The van der Waals surface area contributed by atoms with Gasteiger partial charge in [-0.25, -0.2) is 0 Å². The Kier molecular flexibility index (Phi) is 4.27. The molecule has 2 N–H and O–H groups in total. The molecule has 0 amide bonds. The predicted molar refractivity (Wildman–Crippen MR) is 98.3 cm³/mol. The first kappa shape index (κ1) is 17.1. The van der Waals surface area contributed by atoms with E-state index in [0.717, 1.165) is 17.0 Å². The van der Waals surface area contributed by atoms with Gasteiger partial charge in [-0.1, -0.05) is 19.9 Å². The van der Waals surface area contributed by atoms with Gasteiger partial charge in [0.05, 0.1) is 28.2 Å². The first-order chi connectivity index (χ1) is 13.1. The lowest BCUT2D eigenvalue weighted by atomic mass is 10.0. The number of hydrogen-bond acceptors (Lipinski definition) is 6. The number of aldehydes is 1. The summed E-state index contributed by atoms with van der Waals surface area (Å²) in [4.78, 5) is 15.8. The maximum Gasteiger partial charge on any atom is 0.163 e. The Bertz CT molecular complexity index is 997. The van der Waals surface area contributed by atoms with Crippen LogP contribution in [0.2, 0.25) is 0 Å². The summed E-state index contributed by atoms with van der Waals surface area (Å²) < 4.78 is 11.8. The van der Waals surface area contributed by atoms with E-state index < -0.39 is 6.10 Å². The molecule has 1 atom stereocenters. The van der Waals surface area contributed by atoms with Gasteiger partial charge in [0.25, 0.3) is 0 Å². The van der Waals surface area contributed by atoms with Crippen molar-refractivity contribution in [2.75, 3.05) is 6.61 Å². The van der Waals surface area contributed by atoms with E-state index in [-0.39, 0.29) is 23.8 Å². The number of carbonyl (C=O) groups excluding carboxylic acids is 1. The maximum atomic E-state index is 11.3. The zero-order valence-electron chi connectivity index (χ0n) is 15.0. The molecule has 1 aromatic carbocycles. The molecule has 4 rings (SSSR count). The summed E-state index contributed by atoms with van der Waals surface area (Å²) in [5.41, 5.74) is 3.32. The molecule has 7 heteroatoms. The molecule has 7 nitrogen and oxygen atoms in total. The molecule has 0 saturated heterocycles. The summed E-state index contributed by atoms with van der Waals surface area (Å²) >= 11 is 0. The van der Waals surface area contributed by atoms with Crippen LogP contribution in [0.3, 0.4) is 0 Å². The third kappa shape index (κ3) is 3.01. The Balaban J connectivity index is 1.73. The summed E-state index contributed by atoms with van der Waals surface area (Å²) in [7, 11) is 0. The summed E-state index contributed by atoms with van der Waals surface area (Å²) in [5, 5.41) is 17.2. The van der Waals surface area contributed by atoms with Gasteiger partial charge in [-0.3, -0.25) is 14.9 Å². The molecule has 138 valence electrons. The second-order valence-electron chi connectivity index (χ2n) is 6.66. The van der Waals surface area contributed by atoms with Crippen LogP contribution < -0.4 is 9.47 Å². The number of fused-ring (bicyclic) bond motifs is 1. The SMILES string of the molecule is CC(C)c1cc(-c2nccc3c2[C@H](Oc2cccc(O)c2C=O)CO3)[nH]n1. The molecule has 0 saturated carbocycles. The van der Waals surface area contributed by atoms with Gasteiger partial charge < -0.3 is 14.6 Å². The van der Waals surface area contributed by atoms with Gasteiger partial charge in [0.15, 0.2) is 12.4 Å². The van der Waals surface area contributed by atoms with Crippen molar-refractivity contribution >= 4 is 6.29 Å². The van der Waals surface area contributed by atoms with E-state index >= 15 is 0 Å². The Hall–Kier alpha value is -3.35. The van der Waals surface area contributed by atoms with Gasteiger partial charge in [0, 0.05) is 6.20 Å². The topological polar surface area (TPSA) is 97.3 Å². The van der Waals surface area contributed by atoms with Crippen LogP contribution in [0.25, 0.3) is 11.4 Å². The number of aromatic hydroxyl groups is 1. The summed E-state index contributed by atoms with van der Waals surface area (Å²) in [5.74, 6) is 1.15. The van der Waals surface area contributed by atoms with E-state index in [9.17, 15) is 9.90 Å². The van der Waals surface area contributed by atoms with Crippen molar-refractivity contribution in [1.29, 1.82) is 0 Å². The van der Waals surface area contributed by atoms with Gasteiger partial charge in [-0.05, 0) is 30.2 Å². The van der Waals surface area contributed by atoms with Crippen molar-refractivity contribution < 1.29 is 19.4 Å². The largest absolute Gasteiger partial charge is 0.507 e. The average Bonchev–Trinajstić information content (AvgIpc) is 3.30. The van der Waals surface area contributed by atoms with Crippen LogP contribution in [0.4, 0.5) is 0 Å². The monoisotopic (exact) mass is 365 g/mol. The highest BCUT2D eigenvalue weighted by Crippen LogP contribution is 2.41. The van der Waals surface area contributed by atoms with Crippen LogP contribution in [0.1, 0.15) is 47.5 Å². The molecule has 27 heavy (non-hydrogen) atoms. The van der Waals surface area contributed by atoms with E-state index in [1.54, 1.807) is 24.4 Å². The van der Waals surface area contributed by atoms with Gasteiger partial charge in [-0.2, -0.15) is 5.10 Å². The van der Waals surface area contributed by atoms with E-state index in [1.807, 2.05) is 6.07 Å². The number of phenols is 1. The number of carbonyl (C=O) groups is 1. The number of ether oxygens (including phenoxy) is 2. The Morgan fingerprint density at radius 2 is 2.22 bits per heavy atom. The van der Waals surface area contributed by atoms with Crippen molar-refractivity contribution in [2.45, 2.75) is 25.9 Å². The van der Waals surface area contributed by atoms with E-state index in [2.05, 4.69) is 29.0 Å². The fraction of sp³-hybridized carbons (Fsp3) is 0.250. The van der Waals surface area contributed by atoms with Crippen LogP contribution >= 0.6 is 0 Å². The number of H-pyrrole nitrogens is 1. The fourth-order valence-electron chi connectivity index (χ4n) is 3.11. The van der Waals surface area contributed by atoms with E-state index in [4.69, 9.17) is 9.47 Å². The second kappa shape index (κ2) is 6.75. The van der Waals surface area contributed by atoms with Crippen molar-refractivity contribution in [3.8, 4) is 28.6 Å². The normalized spacial score (nSPS) is 15.4. The number of pyridine rings is 1. The standard InChI is InChI=1S/C20H19N3O4/c1-11(2)13-8-14(23-22-13)20-19-17(6-7-21-20)26-10-18(19)27-16-5-3-4-15(25)12(16)9-24/h3-9,11,18,25H,10H2,1-2H3,(H,22,23)/t18-/m1/s1. The van der Waals surface area contributed by atoms with Crippen LogP contribution in [0, 0.1) is 0 Å². The van der Waals surface area contributed by atoms with Crippen molar-refractivity contribution in [3.63, 3.8) is 0 Å². The molecule has 3 aromatic rings. The minimum Gasteiger partial charge on any atom is -0.507 e. The smallest absolute Gasteiger partial charge is 0.163 e. The predicted octanol–water partition coefficient (Wildman–Crippen LogP) is 3.63. The van der Waals surface area contributed by atoms with Gasteiger partial charge in [0.1, 0.15) is 23.9 Å². The summed E-state index contributed by atoms with van der Waals surface area (Å²) in [6.45, 7) is 4.43. The van der Waals surface area contributed by atoms with Gasteiger partial charge in [0.2, 0.25) is 0 Å². The summed E-state index contributed by atoms with van der Waals surface area (Å²) in [6.07, 6.45) is 1.79. The lowest BCUT2D eigenvalue weighted by Crippen LogP contribution is -2.11.